The number of aromatic nitrogens is 4. The summed E-state index contributed by atoms with van der Waals surface area (Å²) < 4.78 is 3.80. The smallest absolute Gasteiger partial charge is 0.265 e. The molecule has 2 aromatic heterocycles. The lowest BCUT2D eigenvalue weighted by molar-refractivity contribution is 0.0953. The minimum absolute atomic E-state index is 0.215. The monoisotopic (exact) mass is 402 g/mol. The average Bonchev–Trinajstić information content (AvgIpc) is 3.32. The van der Waals surface area contributed by atoms with Crippen LogP contribution in [0.5, 0.6) is 0 Å². The third kappa shape index (κ3) is 4.01. The van der Waals surface area contributed by atoms with Crippen LogP contribution in [0.2, 0.25) is 5.02 Å². The molecular formula is C18H19ClN6OS. The van der Waals surface area contributed by atoms with Crippen molar-refractivity contribution in [2.75, 3.05) is 5.32 Å². The Morgan fingerprint density at radius 2 is 2.11 bits per heavy atom. The number of fused-ring (bicyclic) bond motifs is 1. The number of nitrogens with zero attached hydrogens (tertiary/aromatic N) is 4. The van der Waals surface area contributed by atoms with Gasteiger partial charge in [0.15, 0.2) is 5.82 Å². The second kappa shape index (κ2) is 7.74. The molecule has 2 N–H and O–H groups in total. The van der Waals surface area contributed by atoms with Crippen molar-refractivity contribution in [3.8, 4) is 0 Å². The van der Waals surface area contributed by atoms with E-state index in [2.05, 4.69) is 30.2 Å². The highest BCUT2D eigenvalue weighted by Crippen LogP contribution is 2.28. The fourth-order valence-electron chi connectivity index (χ4n) is 3.28. The zero-order chi connectivity index (χ0) is 18.8. The first-order valence-electron chi connectivity index (χ1n) is 8.90. The van der Waals surface area contributed by atoms with Crippen LogP contribution >= 0.6 is 23.1 Å². The highest BCUT2D eigenvalue weighted by atomic mass is 35.5. The van der Waals surface area contributed by atoms with Gasteiger partial charge in [-0.15, -0.1) is 5.10 Å². The third-order valence-electron chi connectivity index (χ3n) is 4.66. The molecule has 0 saturated heterocycles. The van der Waals surface area contributed by atoms with Gasteiger partial charge in [0.05, 0.1) is 17.8 Å². The van der Waals surface area contributed by atoms with Crippen LogP contribution in [-0.2, 0) is 6.54 Å². The Morgan fingerprint density at radius 3 is 2.85 bits per heavy atom. The topological polar surface area (TPSA) is 92.7 Å². The van der Waals surface area contributed by atoms with Crippen LogP contribution in [-0.4, -0.2) is 31.5 Å². The maximum atomic E-state index is 12.3. The van der Waals surface area contributed by atoms with E-state index in [1.54, 1.807) is 6.92 Å². The van der Waals surface area contributed by atoms with Crippen molar-refractivity contribution in [2.24, 2.45) is 0 Å². The van der Waals surface area contributed by atoms with Crippen molar-refractivity contribution in [3.05, 3.63) is 39.6 Å². The summed E-state index contributed by atoms with van der Waals surface area (Å²) in [5.41, 5.74) is 1.42. The van der Waals surface area contributed by atoms with Gasteiger partial charge in [0.1, 0.15) is 10.7 Å². The molecule has 1 aromatic carbocycles. The molecule has 9 heteroatoms. The van der Waals surface area contributed by atoms with Crippen molar-refractivity contribution in [1.29, 1.82) is 0 Å². The van der Waals surface area contributed by atoms with E-state index in [1.807, 2.05) is 18.2 Å². The molecule has 0 aliphatic heterocycles. The van der Waals surface area contributed by atoms with Crippen LogP contribution in [0.1, 0.15) is 46.9 Å². The summed E-state index contributed by atoms with van der Waals surface area (Å²) in [6, 6.07) is 5.98. The molecule has 0 atom stereocenters. The predicted octanol–water partition coefficient (Wildman–Crippen LogP) is 3.73. The molecule has 140 valence electrons. The maximum absolute atomic E-state index is 12.3. The Kier molecular flexibility index (Phi) is 5.18. The fraction of sp³-hybridized carbons (Fsp3) is 0.389. The summed E-state index contributed by atoms with van der Waals surface area (Å²) in [6.45, 7) is 1.99. The first-order valence-corrected chi connectivity index (χ1v) is 10.0. The Labute approximate surface area is 165 Å². The summed E-state index contributed by atoms with van der Waals surface area (Å²) in [5, 5.41) is 11.8. The third-order valence-corrected chi connectivity index (χ3v) is 5.73. The van der Waals surface area contributed by atoms with Crippen molar-refractivity contribution in [3.63, 3.8) is 0 Å². The number of rotatable bonds is 5. The summed E-state index contributed by atoms with van der Waals surface area (Å²) in [5.74, 6) is 1.11. The molecule has 4 rings (SSSR count). The summed E-state index contributed by atoms with van der Waals surface area (Å²) >= 11 is 7.25. The van der Waals surface area contributed by atoms with Gasteiger partial charge in [-0.1, -0.05) is 28.9 Å². The van der Waals surface area contributed by atoms with Crippen LogP contribution in [0.3, 0.4) is 0 Å². The van der Waals surface area contributed by atoms with Gasteiger partial charge in [-0.2, -0.15) is 0 Å². The quantitative estimate of drug-likeness (QED) is 0.675. The highest BCUT2D eigenvalue weighted by Gasteiger charge is 2.18. The van der Waals surface area contributed by atoms with Gasteiger partial charge in [-0.3, -0.25) is 4.79 Å². The van der Waals surface area contributed by atoms with Gasteiger partial charge < -0.3 is 10.6 Å². The Hall–Kier alpha value is -2.32. The summed E-state index contributed by atoms with van der Waals surface area (Å²) in [7, 11) is 0. The largest absolute Gasteiger partial charge is 0.367 e. The molecule has 7 nitrogen and oxygen atoms in total. The number of hydrogen-bond donors (Lipinski definition) is 2. The second-order valence-electron chi connectivity index (χ2n) is 6.65. The number of benzene rings is 1. The van der Waals surface area contributed by atoms with Crippen LogP contribution < -0.4 is 10.6 Å². The first-order chi connectivity index (χ1) is 13.1. The number of anilines is 1. The zero-order valence-corrected chi connectivity index (χ0v) is 16.4. The average molecular weight is 403 g/mol. The van der Waals surface area contributed by atoms with Gasteiger partial charge in [-0.25, -0.2) is 9.97 Å². The lowest BCUT2D eigenvalue weighted by Crippen LogP contribution is -2.24. The normalized spacial score (nSPS) is 14.6. The Bertz CT molecular complexity index is 985. The summed E-state index contributed by atoms with van der Waals surface area (Å²) in [4.78, 5) is 22.0. The number of halogens is 1. The van der Waals surface area contributed by atoms with E-state index < -0.39 is 0 Å². The van der Waals surface area contributed by atoms with Gasteiger partial charge >= 0.3 is 0 Å². The number of nitrogens with one attached hydrogen (secondary N) is 2. The fourth-order valence-corrected chi connectivity index (χ4v) is 4.03. The number of carbonyl (C=O) groups is 1. The Morgan fingerprint density at radius 1 is 1.30 bits per heavy atom. The van der Waals surface area contributed by atoms with E-state index in [0.29, 0.717) is 27.5 Å². The van der Waals surface area contributed by atoms with E-state index in [-0.39, 0.29) is 12.5 Å². The van der Waals surface area contributed by atoms with Gasteiger partial charge in [-0.05, 0) is 49.5 Å². The van der Waals surface area contributed by atoms with Gasteiger partial charge in [0.2, 0.25) is 0 Å². The van der Waals surface area contributed by atoms with E-state index in [1.165, 1.54) is 12.8 Å². The summed E-state index contributed by atoms with van der Waals surface area (Å²) in [6.07, 6.45) is 4.73. The molecule has 1 aliphatic rings. The van der Waals surface area contributed by atoms with Gasteiger partial charge in [0, 0.05) is 16.5 Å². The van der Waals surface area contributed by atoms with Crippen LogP contribution in [0, 0.1) is 6.92 Å². The minimum Gasteiger partial charge on any atom is -0.367 e. The molecule has 27 heavy (non-hydrogen) atoms. The van der Waals surface area contributed by atoms with Crippen molar-refractivity contribution in [2.45, 2.75) is 45.2 Å². The highest BCUT2D eigenvalue weighted by molar-refractivity contribution is 7.07. The van der Waals surface area contributed by atoms with E-state index in [4.69, 9.17) is 11.6 Å². The van der Waals surface area contributed by atoms with Crippen molar-refractivity contribution in [1.82, 2.24) is 24.9 Å². The molecule has 1 fully saturated rings. The predicted molar refractivity (Wildman–Crippen MR) is 106 cm³/mol. The molecule has 0 unspecified atom stereocenters. The van der Waals surface area contributed by atoms with Crippen LogP contribution in [0.4, 0.5) is 5.82 Å². The van der Waals surface area contributed by atoms with Crippen molar-refractivity contribution < 1.29 is 4.79 Å². The van der Waals surface area contributed by atoms with Crippen LogP contribution in [0.25, 0.3) is 10.9 Å². The molecular weight excluding hydrogens is 384 g/mol. The van der Waals surface area contributed by atoms with Crippen molar-refractivity contribution >= 4 is 45.8 Å². The number of aryl methyl sites for hydroxylation is 1. The number of amides is 1. The number of hydrogen-bond acceptors (Lipinski definition) is 7. The lowest BCUT2D eigenvalue weighted by atomic mass is 10.2. The molecule has 0 radical (unpaired) electrons. The Balaban J connectivity index is 1.59. The molecule has 1 amide bonds. The molecule has 3 aromatic rings. The molecule has 0 bridgehead atoms. The first kappa shape index (κ1) is 18.1. The SMILES string of the molecule is Cc1nnsc1C(=O)NCc1nc(NC2CCCC2)c2cc(Cl)ccc2n1. The minimum atomic E-state index is -0.215. The van der Waals surface area contributed by atoms with Gasteiger partial charge in [0.25, 0.3) is 5.91 Å². The molecule has 0 spiro atoms. The van der Waals surface area contributed by atoms with E-state index >= 15 is 0 Å². The molecule has 1 aliphatic carbocycles. The standard InChI is InChI=1S/C18H19ClN6OS/c1-10-16(27-25-24-10)18(26)20-9-15-22-14-7-6-11(19)8-13(14)17(23-15)21-12-4-2-3-5-12/h6-8,12H,2-5,9H2,1H3,(H,20,26)(H,21,22,23). The molecule has 2 heterocycles. The number of carbonyl (C=O) groups excluding carboxylic acids is 1. The van der Waals surface area contributed by atoms with Crippen LogP contribution in [0.15, 0.2) is 18.2 Å². The zero-order valence-electron chi connectivity index (χ0n) is 14.8. The van der Waals surface area contributed by atoms with E-state index in [0.717, 1.165) is 41.1 Å². The van der Waals surface area contributed by atoms with E-state index in [9.17, 15) is 4.79 Å². The molecule has 1 saturated carbocycles. The lowest BCUT2D eigenvalue weighted by Gasteiger charge is -2.16. The second-order valence-corrected chi connectivity index (χ2v) is 7.84. The maximum Gasteiger partial charge on any atom is 0.265 e.